The first-order valence-electron chi connectivity index (χ1n) is 8.78. The number of amides is 2. The lowest BCUT2D eigenvalue weighted by molar-refractivity contribution is -0.134. The molecule has 1 aromatic carbocycles. The van der Waals surface area contributed by atoms with Crippen molar-refractivity contribution in [3.63, 3.8) is 0 Å². The van der Waals surface area contributed by atoms with Crippen LogP contribution in [0, 0.1) is 0 Å². The van der Waals surface area contributed by atoms with Crippen LogP contribution < -0.4 is 5.32 Å². The van der Waals surface area contributed by atoms with Crippen LogP contribution in [-0.4, -0.2) is 39.4 Å². The molecule has 3 rings (SSSR count). The van der Waals surface area contributed by atoms with Crippen molar-refractivity contribution in [3.05, 3.63) is 66.8 Å². The predicted molar refractivity (Wildman–Crippen MR) is 99.2 cm³/mol. The highest BCUT2D eigenvalue weighted by molar-refractivity contribution is 5.90. The average Bonchev–Trinajstić information content (AvgIpc) is 3.11. The number of hydrogen-bond donors (Lipinski definition) is 1. The lowest BCUT2D eigenvalue weighted by Gasteiger charge is -2.40. The highest BCUT2D eigenvalue weighted by atomic mass is 16.2. The van der Waals surface area contributed by atoms with E-state index in [9.17, 15) is 9.59 Å². The number of likely N-dealkylation sites (tertiary alicyclic amines) is 1. The number of aryl methyl sites for hydroxylation is 1. The van der Waals surface area contributed by atoms with E-state index >= 15 is 0 Å². The predicted octanol–water partition coefficient (Wildman–Crippen LogP) is 1.78. The van der Waals surface area contributed by atoms with Crippen LogP contribution in [0.5, 0.6) is 0 Å². The molecule has 0 spiro atoms. The van der Waals surface area contributed by atoms with E-state index in [1.807, 2.05) is 48.1 Å². The van der Waals surface area contributed by atoms with Crippen LogP contribution in [0.15, 0.2) is 55.4 Å². The fourth-order valence-electron chi connectivity index (χ4n) is 3.54. The van der Waals surface area contributed by atoms with E-state index < -0.39 is 5.41 Å². The number of nitrogens with one attached hydrogen (secondary N) is 1. The maximum absolute atomic E-state index is 13.2. The lowest BCUT2D eigenvalue weighted by atomic mass is 9.72. The Bertz CT molecular complexity index is 789. The molecule has 0 unspecified atom stereocenters. The number of aromatic nitrogens is 2. The van der Waals surface area contributed by atoms with Gasteiger partial charge in [-0.25, -0.2) is 4.98 Å². The molecule has 1 saturated heterocycles. The number of carbonyl (C=O) groups excluding carboxylic acids is 2. The van der Waals surface area contributed by atoms with Crippen molar-refractivity contribution in [1.82, 2.24) is 19.8 Å². The standard InChI is InChI=1S/C20H24N4O2/c1-3-18(25)24-12-9-20(10-13-24,16-7-5-4-6-8-16)19(26)22-15-17-21-11-14-23(17)2/h3-8,11,14H,1,9-10,12-13,15H2,2H3,(H,22,26). The van der Waals surface area contributed by atoms with E-state index in [0.717, 1.165) is 11.4 Å². The summed E-state index contributed by atoms with van der Waals surface area (Å²) in [6, 6.07) is 9.82. The number of piperidine rings is 1. The van der Waals surface area contributed by atoms with Gasteiger partial charge in [-0.2, -0.15) is 0 Å². The summed E-state index contributed by atoms with van der Waals surface area (Å²) in [6.45, 7) is 5.01. The average molecular weight is 352 g/mol. The largest absolute Gasteiger partial charge is 0.348 e. The Hall–Kier alpha value is -2.89. The Balaban J connectivity index is 1.80. The molecule has 2 aromatic rings. The van der Waals surface area contributed by atoms with Gasteiger partial charge in [-0.05, 0) is 24.5 Å². The van der Waals surface area contributed by atoms with Gasteiger partial charge in [0.2, 0.25) is 11.8 Å². The van der Waals surface area contributed by atoms with Crippen LogP contribution in [0.3, 0.4) is 0 Å². The van der Waals surface area contributed by atoms with Gasteiger partial charge in [0.1, 0.15) is 5.82 Å². The fraction of sp³-hybridized carbons (Fsp3) is 0.350. The Labute approximate surface area is 153 Å². The zero-order valence-electron chi connectivity index (χ0n) is 15.0. The van der Waals surface area contributed by atoms with Crippen molar-refractivity contribution in [2.45, 2.75) is 24.8 Å². The third kappa shape index (κ3) is 3.40. The topological polar surface area (TPSA) is 67.2 Å². The summed E-state index contributed by atoms with van der Waals surface area (Å²) < 4.78 is 1.89. The van der Waals surface area contributed by atoms with Crippen molar-refractivity contribution in [1.29, 1.82) is 0 Å². The molecule has 0 atom stereocenters. The molecule has 0 radical (unpaired) electrons. The molecular weight excluding hydrogens is 328 g/mol. The first kappa shape index (κ1) is 17.9. The maximum Gasteiger partial charge on any atom is 0.245 e. The molecule has 1 aromatic heterocycles. The van der Waals surface area contributed by atoms with Crippen LogP contribution in [-0.2, 0) is 28.6 Å². The summed E-state index contributed by atoms with van der Waals surface area (Å²) in [7, 11) is 1.90. The number of benzene rings is 1. The molecule has 6 nitrogen and oxygen atoms in total. The highest BCUT2D eigenvalue weighted by Crippen LogP contribution is 2.36. The van der Waals surface area contributed by atoms with Crippen LogP contribution >= 0.6 is 0 Å². The van der Waals surface area contributed by atoms with Gasteiger partial charge in [-0.15, -0.1) is 0 Å². The molecule has 0 saturated carbocycles. The second kappa shape index (κ2) is 7.56. The SMILES string of the molecule is C=CC(=O)N1CCC(C(=O)NCc2nccn2C)(c2ccccc2)CC1. The summed E-state index contributed by atoms with van der Waals surface area (Å²) >= 11 is 0. The van der Waals surface area contributed by atoms with Crippen molar-refractivity contribution in [3.8, 4) is 0 Å². The number of carbonyl (C=O) groups is 2. The summed E-state index contributed by atoms with van der Waals surface area (Å²) in [5, 5.41) is 3.05. The third-order valence-electron chi connectivity index (χ3n) is 5.19. The van der Waals surface area contributed by atoms with E-state index in [0.29, 0.717) is 32.5 Å². The van der Waals surface area contributed by atoms with E-state index in [2.05, 4.69) is 16.9 Å². The Morgan fingerprint density at radius 2 is 1.96 bits per heavy atom. The minimum Gasteiger partial charge on any atom is -0.348 e. The first-order chi connectivity index (χ1) is 12.6. The molecule has 1 aliphatic heterocycles. The zero-order chi connectivity index (χ0) is 18.6. The fourth-order valence-corrected chi connectivity index (χ4v) is 3.54. The molecule has 2 heterocycles. The maximum atomic E-state index is 13.2. The number of nitrogens with zero attached hydrogens (tertiary/aromatic N) is 3. The zero-order valence-corrected chi connectivity index (χ0v) is 15.0. The van der Waals surface area contributed by atoms with Gasteiger partial charge in [0.15, 0.2) is 0 Å². The monoisotopic (exact) mass is 352 g/mol. The first-order valence-corrected chi connectivity index (χ1v) is 8.78. The van der Waals surface area contributed by atoms with E-state index in [-0.39, 0.29) is 11.8 Å². The minimum atomic E-state index is -0.635. The van der Waals surface area contributed by atoms with Crippen LogP contribution in [0.4, 0.5) is 0 Å². The van der Waals surface area contributed by atoms with Gasteiger partial charge in [0.25, 0.3) is 0 Å². The minimum absolute atomic E-state index is 0.0163. The third-order valence-corrected chi connectivity index (χ3v) is 5.19. The quantitative estimate of drug-likeness (QED) is 0.834. The van der Waals surface area contributed by atoms with E-state index in [4.69, 9.17) is 0 Å². The second-order valence-electron chi connectivity index (χ2n) is 6.61. The van der Waals surface area contributed by atoms with Gasteiger partial charge >= 0.3 is 0 Å². The van der Waals surface area contributed by atoms with Crippen molar-refractivity contribution in [2.75, 3.05) is 13.1 Å². The van der Waals surface area contributed by atoms with Crippen LogP contribution in [0.25, 0.3) is 0 Å². The summed E-state index contributed by atoms with van der Waals surface area (Å²) in [5.74, 6) is 0.707. The smallest absolute Gasteiger partial charge is 0.245 e. The molecule has 136 valence electrons. The summed E-state index contributed by atoms with van der Waals surface area (Å²) in [5.41, 5.74) is 0.354. The molecule has 0 bridgehead atoms. The second-order valence-corrected chi connectivity index (χ2v) is 6.61. The molecule has 26 heavy (non-hydrogen) atoms. The van der Waals surface area contributed by atoms with Gasteiger partial charge in [0, 0.05) is 32.5 Å². The van der Waals surface area contributed by atoms with Gasteiger partial charge in [-0.3, -0.25) is 9.59 Å². The summed E-state index contributed by atoms with van der Waals surface area (Å²) in [4.78, 5) is 31.1. The molecule has 2 amide bonds. The normalized spacial score (nSPS) is 16.1. The van der Waals surface area contributed by atoms with Gasteiger partial charge in [0.05, 0.1) is 12.0 Å². The van der Waals surface area contributed by atoms with Gasteiger partial charge in [-0.1, -0.05) is 36.9 Å². The van der Waals surface area contributed by atoms with Crippen molar-refractivity contribution >= 4 is 11.8 Å². The number of hydrogen-bond acceptors (Lipinski definition) is 3. The number of imidazole rings is 1. The molecule has 0 aliphatic carbocycles. The van der Waals surface area contributed by atoms with E-state index in [1.54, 1.807) is 11.1 Å². The number of rotatable bonds is 5. The van der Waals surface area contributed by atoms with Crippen molar-refractivity contribution < 1.29 is 9.59 Å². The Morgan fingerprint density at radius 3 is 2.54 bits per heavy atom. The molecule has 6 heteroatoms. The molecule has 1 N–H and O–H groups in total. The summed E-state index contributed by atoms with van der Waals surface area (Å²) in [6.07, 6.45) is 6.07. The van der Waals surface area contributed by atoms with Crippen LogP contribution in [0.2, 0.25) is 0 Å². The van der Waals surface area contributed by atoms with Crippen molar-refractivity contribution in [2.24, 2.45) is 7.05 Å². The van der Waals surface area contributed by atoms with Crippen LogP contribution in [0.1, 0.15) is 24.2 Å². The molecule has 1 aliphatic rings. The molecular formula is C20H24N4O2. The molecule has 1 fully saturated rings. The Morgan fingerprint density at radius 1 is 1.27 bits per heavy atom. The lowest BCUT2D eigenvalue weighted by Crippen LogP contribution is -2.52. The highest BCUT2D eigenvalue weighted by Gasteiger charge is 2.43. The Kier molecular flexibility index (Phi) is 5.21. The van der Waals surface area contributed by atoms with E-state index in [1.165, 1.54) is 6.08 Å². The van der Waals surface area contributed by atoms with Gasteiger partial charge < -0.3 is 14.8 Å².